The van der Waals surface area contributed by atoms with Gasteiger partial charge in [0, 0.05) is 18.7 Å². The Balaban J connectivity index is 2.30. The molecule has 3 aromatic rings. The van der Waals surface area contributed by atoms with E-state index in [1.807, 2.05) is 30.3 Å². The normalized spacial score (nSPS) is 13.5. The highest BCUT2D eigenvalue weighted by Gasteiger charge is 2.41. The second-order valence-corrected chi connectivity index (χ2v) is 8.65. The average molecular weight is 476 g/mol. The van der Waals surface area contributed by atoms with Crippen LogP contribution >= 0.6 is 11.6 Å². The second kappa shape index (κ2) is 9.83. The summed E-state index contributed by atoms with van der Waals surface area (Å²) >= 11 is 6.05. The number of carbonyl (C=O) groups is 1. The summed E-state index contributed by atoms with van der Waals surface area (Å²) in [6.07, 6.45) is -2.95. The monoisotopic (exact) mass is 475 g/mol. The van der Waals surface area contributed by atoms with Gasteiger partial charge in [0.05, 0.1) is 16.3 Å². The number of aryl methyl sites for hydroxylation is 1. The number of aromatic nitrogens is 1. The van der Waals surface area contributed by atoms with Crippen molar-refractivity contribution in [3.8, 4) is 0 Å². The molecule has 3 rings (SSSR count). The molecule has 8 heteroatoms. The molecule has 0 saturated carbocycles. The van der Waals surface area contributed by atoms with Crippen molar-refractivity contribution in [2.24, 2.45) is 0 Å². The smallest absolute Gasteiger partial charge is 0.336 e. The van der Waals surface area contributed by atoms with Gasteiger partial charge in [-0.1, -0.05) is 48.0 Å². The summed E-state index contributed by atoms with van der Waals surface area (Å²) in [5.41, 5.74) is -0.125. The van der Waals surface area contributed by atoms with E-state index in [4.69, 9.17) is 11.6 Å². The van der Waals surface area contributed by atoms with Crippen LogP contribution in [0.25, 0.3) is 0 Å². The molecule has 2 aromatic carbocycles. The molecule has 0 fully saturated rings. The molecule has 1 atom stereocenters. The van der Waals surface area contributed by atoms with Crippen molar-refractivity contribution in [3.63, 3.8) is 0 Å². The fourth-order valence-electron chi connectivity index (χ4n) is 3.78. The lowest BCUT2D eigenvalue weighted by Crippen LogP contribution is -2.54. The molecule has 0 aliphatic heterocycles. The van der Waals surface area contributed by atoms with E-state index < -0.39 is 23.3 Å². The SMILES string of the molecule is Cc1ccc(C(F)(F)F)cc1[C@](Cc1ccccc1)(NC(=O)NC(C)C)c1ccc(Cl)cn1. The van der Waals surface area contributed by atoms with Gasteiger partial charge >= 0.3 is 12.2 Å². The standard InChI is InChI=1S/C25H25ClF3N3O/c1-16(2)31-23(33)32-24(14-18-7-5-4-6-8-18,22-12-11-20(26)15-30-22)21-13-19(25(27,28)29)10-9-17(21)3/h4-13,15-16H,14H2,1-3H3,(H2,31,32,33)/t24-/m0/s1. The van der Waals surface area contributed by atoms with Crippen LogP contribution in [-0.4, -0.2) is 17.1 Å². The highest BCUT2D eigenvalue weighted by Crippen LogP contribution is 2.38. The number of nitrogens with zero attached hydrogens (tertiary/aromatic N) is 1. The molecule has 0 unspecified atom stereocenters. The summed E-state index contributed by atoms with van der Waals surface area (Å²) in [7, 11) is 0. The predicted octanol–water partition coefficient (Wildman–Crippen LogP) is 6.26. The number of halogens is 4. The Morgan fingerprint density at radius 3 is 2.33 bits per heavy atom. The molecule has 0 aliphatic rings. The number of carbonyl (C=O) groups excluding carboxylic acids is 1. The lowest BCUT2D eigenvalue weighted by Gasteiger charge is -2.37. The van der Waals surface area contributed by atoms with Crippen LogP contribution in [0.1, 0.15) is 41.8 Å². The molecule has 4 nitrogen and oxygen atoms in total. The third kappa shape index (κ3) is 5.85. The van der Waals surface area contributed by atoms with Gasteiger partial charge in [0.2, 0.25) is 0 Å². The molecular formula is C25H25ClF3N3O. The number of urea groups is 1. The molecular weight excluding hydrogens is 451 g/mol. The molecule has 33 heavy (non-hydrogen) atoms. The van der Waals surface area contributed by atoms with Crippen LogP contribution in [0, 0.1) is 6.92 Å². The van der Waals surface area contributed by atoms with Crippen molar-refractivity contribution in [1.82, 2.24) is 15.6 Å². The Labute approximate surface area is 196 Å². The number of benzene rings is 2. The van der Waals surface area contributed by atoms with E-state index in [0.29, 0.717) is 21.8 Å². The van der Waals surface area contributed by atoms with Crippen molar-refractivity contribution < 1.29 is 18.0 Å². The molecule has 2 amide bonds. The molecule has 0 saturated heterocycles. The number of hydrogen-bond acceptors (Lipinski definition) is 2. The van der Waals surface area contributed by atoms with Crippen LogP contribution in [-0.2, 0) is 18.1 Å². The predicted molar refractivity (Wildman–Crippen MR) is 123 cm³/mol. The summed E-state index contributed by atoms with van der Waals surface area (Å²) in [6, 6.07) is 15.3. The highest BCUT2D eigenvalue weighted by molar-refractivity contribution is 6.30. The van der Waals surface area contributed by atoms with Gasteiger partial charge in [0.25, 0.3) is 0 Å². The number of rotatable bonds is 6. The lowest BCUT2D eigenvalue weighted by atomic mass is 9.78. The quantitative estimate of drug-likeness (QED) is 0.442. The van der Waals surface area contributed by atoms with Gasteiger partial charge < -0.3 is 10.6 Å². The fraction of sp³-hybridized carbons (Fsp3) is 0.280. The maximum Gasteiger partial charge on any atom is 0.416 e. The van der Waals surface area contributed by atoms with Gasteiger partial charge in [-0.3, -0.25) is 4.98 Å². The zero-order valence-electron chi connectivity index (χ0n) is 18.5. The molecule has 1 heterocycles. The summed E-state index contributed by atoms with van der Waals surface area (Å²) in [5.74, 6) is 0. The number of nitrogens with one attached hydrogen (secondary N) is 2. The first kappa shape index (κ1) is 24.6. The van der Waals surface area contributed by atoms with E-state index in [9.17, 15) is 18.0 Å². The van der Waals surface area contributed by atoms with Crippen molar-refractivity contribution >= 4 is 17.6 Å². The van der Waals surface area contributed by atoms with Crippen molar-refractivity contribution in [2.45, 2.75) is 44.9 Å². The summed E-state index contributed by atoms with van der Waals surface area (Å²) in [5, 5.41) is 6.11. The minimum atomic E-state index is -4.55. The Morgan fingerprint density at radius 1 is 1.06 bits per heavy atom. The molecule has 0 aliphatic carbocycles. The third-order valence-corrected chi connectivity index (χ3v) is 5.47. The molecule has 0 bridgehead atoms. The van der Waals surface area contributed by atoms with Crippen LogP contribution in [0.4, 0.5) is 18.0 Å². The minimum absolute atomic E-state index is 0.177. The van der Waals surface area contributed by atoms with E-state index in [-0.39, 0.29) is 12.5 Å². The number of amides is 2. The van der Waals surface area contributed by atoms with Crippen LogP contribution in [0.5, 0.6) is 0 Å². The van der Waals surface area contributed by atoms with Crippen LogP contribution in [0.3, 0.4) is 0 Å². The van der Waals surface area contributed by atoms with Gasteiger partial charge in [-0.25, -0.2) is 4.79 Å². The molecule has 1 aromatic heterocycles. The Bertz CT molecular complexity index is 1100. The largest absolute Gasteiger partial charge is 0.416 e. The van der Waals surface area contributed by atoms with Gasteiger partial charge in [0.15, 0.2) is 0 Å². The van der Waals surface area contributed by atoms with Crippen molar-refractivity contribution in [3.05, 3.63) is 99.8 Å². The topological polar surface area (TPSA) is 54.0 Å². The Morgan fingerprint density at radius 2 is 1.76 bits per heavy atom. The van der Waals surface area contributed by atoms with E-state index in [2.05, 4.69) is 15.6 Å². The van der Waals surface area contributed by atoms with E-state index in [1.54, 1.807) is 32.9 Å². The Kier molecular flexibility index (Phi) is 7.32. The van der Waals surface area contributed by atoms with E-state index in [0.717, 1.165) is 17.7 Å². The van der Waals surface area contributed by atoms with Crippen LogP contribution in [0.15, 0.2) is 66.9 Å². The molecule has 2 N–H and O–H groups in total. The number of pyridine rings is 1. The Hall–Kier alpha value is -3.06. The zero-order chi connectivity index (χ0) is 24.2. The average Bonchev–Trinajstić information content (AvgIpc) is 2.73. The third-order valence-electron chi connectivity index (χ3n) is 5.25. The van der Waals surface area contributed by atoms with Crippen molar-refractivity contribution in [2.75, 3.05) is 0 Å². The van der Waals surface area contributed by atoms with Crippen molar-refractivity contribution in [1.29, 1.82) is 0 Å². The zero-order valence-corrected chi connectivity index (χ0v) is 19.3. The maximum atomic E-state index is 13.7. The molecule has 174 valence electrons. The summed E-state index contributed by atoms with van der Waals surface area (Å²) in [6.45, 7) is 5.32. The second-order valence-electron chi connectivity index (χ2n) is 8.21. The van der Waals surface area contributed by atoms with E-state index >= 15 is 0 Å². The van der Waals surface area contributed by atoms with Crippen LogP contribution in [0.2, 0.25) is 5.02 Å². The first-order valence-electron chi connectivity index (χ1n) is 10.4. The summed E-state index contributed by atoms with van der Waals surface area (Å²) in [4.78, 5) is 17.4. The van der Waals surface area contributed by atoms with Crippen LogP contribution < -0.4 is 10.6 Å². The van der Waals surface area contributed by atoms with Gasteiger partial charge in [-0.05, 0) is 61.7 Å². The highest BCUT2D eigenvalue weighted by atomic mass is 35.5. The molecule has 0 radical (unpaired) electrons. The minimum Gasteiger partial charge on any atom is -0.336 e. The first-order valence-corrected chi connectivity index (χ1v) is 10.8. The maximum absolute atomic E-state index is 13.7. The number of alkyl halides is 3. The fourth-order valence-corrected chi connectivity index (χ4v) is 3.89. The lowest BCUT2D eigenvalue weighted by molar-refractivity contribution is -0.137. The van der Waals surface area contributed by atoms with Gasteiger partial charge in [-0.2, -0.15) is 13.2 Å². The van der Waals surface area contributed by atoms with Gasteiger partial charge in [0.1, 0.15) is 5.54 Å². The first-order chi connectivity index (χ1) is 15.5. The van der Waals surface area contributed by atoms with E-state index in [1.165, 1.54) is 12.3 Å². The summed E-state index contributed by atoms with van der Waals surface area (Å²) < 4.78 is 41.0. The molecule has 0 spiro atoms. The number of hydrogen-bond donors (Lipinski definition) is 2. The van der Waals surface area contributed by atoms with Gasteiger partial charge in [-0.15, -0.1) is 0 Å².